The summed E-state index contributed by atoms with van der Waals surface area (Å²) in [6.07, 6.45) is 1.81. The van der Waals surface area contributed by atoms with Crippen molar-refractivity contribution in [2.45, 2.75) is 19.3 Å². The molecule has 1 heterocycles. The highest BCUT2D eigenvalue weighted by molar-refractivity contribution is 6.31. The fraction of sp³-hybridized carbons (Fsp3) is 0.267. The van der Waals surface area contributed by atoms with E-state index in [0.717, 1.165) is 35.1 Å². The Morgan fingerprint density at radius 3 is 2.68 bits per heavy atom. The SMILES string of the molecule is CCN(Cc1ccccn1)c1cc(Cl)ccc1CCl. The number of benzene rings is 1. The molecule has 4 heteroatoms. The van der Waals surface area contributed by atoms with Crippen LogP contribution < -0.4 is 4.90 Å². The molecule has 1 aromatic heterocycles. The van der Waals surface area contributed by atoms with Crippen LogP contribution in [0.2, 0.25) is 5.02 Å². The van der Waals surface area contributed by atoms with E-state index >= 15 is 0 Å². The fourth-order valence-corrected chi connectivity index (χ4v) is 2.39. The molecule has 0 aliphatic carbocycles. The lowest BCUT2D eigenvalue weighted by molar-refractivity contribution is 0.805. The first-order valence-corrected chi connectivity index (χ1v) is 7.15. The van der Waals surface area contributed by atoms with E-state index in [2.05, 4.69) is 16.8 Å². The summed E-state index contributed by atoms with van der Waals surface area (Å²) in [5.41, 5.74) is 3.20. The molecule has 2 rings (SSSR count). The quantitative estimate of drug-likeness (QED) is 0.755. The van der Waals surface area contributed by atoms with Gasteiger partial charge < -0.3 is 4.90 Å². The topological polar surface area (TPSA) is 16.1 Å². The Morgan fingerprint density at radius 1 is 1.21 bits per heavy atom. The van der Waals surface area contributed by atoms with Crippen LogP contribution in [0, 0.1) is 0 Å². The minimum atomic E-state index is 0.477. The van der Waals surface area contributed by atoms with E-state index in [0.29, 0.717) is 5.88 Å². The zero-order valence-corrected chi connectivity index (χ0v) is 12.3. The molecule has 0 N–H and O–H groups in total. The molecule has 0 unspecified atom stereocenters. The van der Waals surface area contributed by atoms with Crippen molar-refractivity contribution in [1.29, 1.82) is 0 Å². The van der Waals surface area contributed by atoms with Gasteiger partial charge >= 0.3 is 0 Å². The van der Waals surface area contributed by atoms with E-state index in [-0.39, 0.29) is 0 Å². The van der Waals surface area contributed by atoms with Gasteiger partial charge in [-0.3, -0.25) is 4.98 Å². The standard InChI is InChI=1S/C15H16Cl2N2/c1-2-19(11-14-5-3-4-8-18-14)15-9-13(17)7-6-12(15)10-16/h3-9H,2,10-11H2,1H3. The summed E-state index contributed by atoms with van der Waals surface area (Å²) in [5, 5.41) is 0.725. The summed E-state index contributed by atoms with van der Waals surface area (Å²) >= 11 is 12.1. The molecular weight excluding hydrogens is 279 g/mol. The van der Waals surface area contributed by atoms with Gasteiger partial charge in [-0.1, -0.05) is 23.7 Å². The number of alkyl halides is 1. The molecule has 2 aromatic rings. The van der Waals surface area contributed by atoms with Crippen LogP contribution in [0.15, 0.2) is 42.6 Å². The fourth-order valence-electron chi connectivity index (χ4n) is 2.00. The highest BCUT2D eigenvalue weighted by Gasteiger charge is 2.11. The number of rotatable bonds is 5. The molecule has 0 fully saturated rings. The zero-order chi connectivity index (χ0) is 13.7. The molecule has 0 saturated carbocycles. The summed E-state index contributed by atoms with van der Waals surface area (Å²) in [6.45, 7) is 3.74. The highest BCUT2D eigenvalue weighted by Crippen LogP contribution is 2.27. The van der Waals surface area contributed by atoms with E-state index in [1.54, 1.807) is 0 Å². The van der Waals surface area contributed by atoms with Crippen molar-refractivity contribution in [2.24, 2.45) is 0 Å². The Labute approximate surface area is 124 Å². The predicted molar refractivity (Wildman–Crippen MR) is 82.0 cm³/mol. The summed E-state index contributed by atoms with van der Waals surface area (Å²) in [7, 11) is 0. The Bertz CT molecular complexity index is 529. The Hall–Kier alpha value is -1.25. The molecule has 100 valence electrons. The molecule has 0 aliphatic heterocycles. The molecule has 0 spiro atoms. The van der Waals surface area contributed by atoms with Gasteiger partial charge in [0.25, 0.3) is 0 Å². The lowest BCUT2D eigenvalue weighted by Gasteiger charge is -2.25. The molecule has 0 aliphatic rings. The third kappa shape index (κ3) is 3.62. The number of pyridine rings is 1. The lowest BCUT2D eigenvalue weighted by Crippen LogP contribution is -2.23. The molecular formula is C15H16Cl2N2. The van der Waals surface area contributed by atoms with Gasteiger partial charge in [0.05, 0.1) is 12.2 Å². The smallest absolute Gasteiger partial charge is 0.0602 e. The minimum absolute atomic E-state index is 0.477. The van der Waals surface area contributed by atoms with E-state index < -0.39 is 0 Å². The molecule has 0 bridgehead atoms. The molecule has 19 heavy (non-hydrogen) atoms. The second-order valence-electron chi connectivity index (χ2n) is 4.24. The zero-order valence-electron chi connectivity index (χ0n) is 10.8. The number of anilines is 1. The van der Waals surface area contributed by atoms with E-state index in [1.165, 1.54) is 0 Å². The average Bonchev–Trinajstić information content (AvgIpc) is 2.46. The monoisotopic (exact) mass is 294 g/mol. The van der Waals surface area contributed by atoms with Gasteiger partial charge in [-0.15, -0.1) is 11.6 Å². The number of halogens is 2. The second-order valence-corrected chi connectivity index (χ2v) is 4.95. The van der Waals surface area contributed by atoms with E-state index in [4.69, 9.17) is 23.2 Å². The largest absolute Gasteiger partial charge is 0.366 e. The van der Waals surface area contributed by atoms with Crippen LogP contribution in [0.4, 0.5) is 5.69 Å². The summed E-state index contributed by atoms with van der Waals surface area (Å²) in [4.78, 5) is 6.59. The summed E-state index contributed by atoms with van der Waals surface area (Å²) in [6, 6.07) is 11.8. The molecule has 0 radical (unpaired) electrons. The summed E-state index contributed by atoms with van der Waals surface area (Å²) in [5.74, 6) is 0.477. The van der Waals surface area contributed by atoms with Crippen LogP contribution in [0.1, 0.15) is 18.2 Å². The molecule has 0 amide bonds. The first-order valence-electron chi connectivity index (χ1n) is 6.24. The van der Waals surface area contributed by atoms with Crippen LogP contribution in [0.5, 0.6) is 0 Å². The van der Waals surface area contributed by atoms with Crippen molar-refractivity contribution in [3.63, 3.8) is 0 Å². The van der Waals surface area contributed by atoms with Gasteiger partial charge in [0.2, 0.25) is 0 Å². The molecule has 0 atom stereocenters. The van der Waals surface area contributed by atoms with Gasteiger partial charge in [-0.25, -0.2) is 0 Å². The maximum Gasteiger partial charge on any atom is 0.0602 e. The van der Waals surface area contributed by atoms with Crippen molar-refractivity contribution >= 4 is 28.9 Å². The van der Waals surface area contributed by atoms with Gasteiger partial charge in [-0.05, 0) is 36.8 Å². The Kier molecular flexibility index (Phi) is 5.06. The van der Waals surface area contributed by atoms with Crippen molar-refractivity contribution in [3.8, 4) is 0 Å². The van der Waals surface area contributed by atoms with Gasteiger partial charge in [0.1, 0.15) is 0 Å². The number of nitrogens with zero attached hydrogens (tertiary/aromatic N) is 2. The van der Waals surface area contributed by atoms with Crippen molar-refractivity contribution < 1.29 is 0 Å². The van der Waals surface area contributed by atoms with Gasteiger partial charge in [0, 0.05) is 29.3 Å². The average molecular weight is 295 g/mol. The summed E-state index contributed by atoms with van der Waals surface area (Å²) < 4.78 is 0. The van der Waals surface area contributed by atoms with E-state index in [1.807, 2.05) is 42.6 Å². The number of aromatic nitrogens is 1. The third-order valence-electron chi connectivity index (χ3n) is 2.99. The van der Waals surface area contributed by atoms with Crippen molar-refractivity contribution in [1.82, 2.24) is 4.98 Å². The Morgan fingerprint density at radius 2 is 2.05 bits per heavy atom. The maximum atomic E-state index is 6.09. The van der Waals surface area contributed by atoms with Crippen LogP contribution in [-0.4, -0.2) is 11.5 Å². The van der Waals surface area contributed by atoms with Crippen LogP contribution in [0.25, 0.3) is 0 Å². The van der Waals surface area contributed by atoms with E-state index in [9.17, 15) is 0 Å². The first kappa shape index (κ1) is 14.2. The van der Waals surface area contributed by atoms with Gasteiger partial charge in [-0.2, -0.15) is 0 Å². The number of hydrogen-bond donors (Lipinski definition) is 0. The molecule has 0 saturated heterocycles. The maximum absolute atomic E-state index is 6.09. The number of hydrogen-bond acceptors (Lipinski definition) is 2. The van der Waals surface area contributed by atoms with Gasteiger partial charge in [0.15, 0.2) is 0 Å². The minimum Gasteiger partial charge on any atom is -0.366 e. The lowest BCUT2D eigenvalue weighted by atomic mass is 10.1. The third-order valence-corrected chi connectivity index (χ3v) is 3.52. The van der Waals surface area contributed by atoms with Crippen LogP contribution in [0.3, 0.4) is 0 Å². The van der Waals surface area contributed by atoms with Crippen molar-refractivity contribution in [2.75, 3.05) is 11.4 Å². The van der Waals surface area contributed by atoms with Crippen LogP contribution in [-0.2, 0) is 12.4 Å². The van der Waals surface area contributed by atoms with Crippen LogP contribution >= 0.6 is 23.2 Å². The van der Waals surface area contributed by atoms with Crippen molar-refractivity contribution in [3.05, 3.63) is 58.9 Å². The highest BCUT2D eigenvalue weighted by atomic mass is 35.5. The normalized spacial score (nSPS) is 10.5. The molecule has 2 nitrogen and oxygen atoms in total. The Balaban J connectivity index is 2.29. The second kappa shape index (κ2) is 6.78. The first-order chi connectivity index (χ1) is 9.24. The predicted octanol–water partition coefficient (Wildman–Crippen LogP) is 4.50. The molecule has 1 aromatic carbocycles.